The summed E-state index contributed by atoms with van der Waals surface area (Å²) in [4.78, 5) is 11.7. The van der Waals surface area contributed by atoms with Gasteiger partial charge in [0.05, 0.1) is 5.69 Å². The molecule has 0 aliphatic carbocycles. The largest absolute Gasteiger partial charge is 0.338 e. The summed E-state index contributed by atoms with van der Waals surface area (Å²) in [6.45, 7) is 4.99. The molecule has 0 radical (unpaired) electrons. The molecule has 0 aliphatic heterocycles. The number of hydrogen-bond acceptors (Lipinski definition) is 1. The zero-order valence-electron chi connectivity index (χ0n) is 12.4. The van der Waals surface area contributed by atoms with E-state index in [9.17, 15) is 9.18 Å². The minimum absolute atomic E-state index is 0.212. The van der Waals surface area contributed by atoms with Crippen molar-refractivity contribution < 1.29 is 9.18 Å². The van der Waals surface area contributed by atoms with Crippen molar-refractivity contribution in [3.8, 4) is 0 Å². The molecule has 2 N–H and O–H groups in total. The molecule has 1 aromatic carbocycles. The summed E-state index contributed by atoms with van der Waals surface area (Å²) in [6, 6.07) is 5.82. The highest BCUT2D eigenvalue weighted by atomic mass is 19.1. The van der Waals surface area contributed by atoms with Crippen molar-refractivity contribution in [3.05, 3.63) is 30.1 Å². The van der Waals surface area contributed by atoms with Crippen molar-refractivity contribution in [2.75, 3.05) is 11.9 Å². The maximum atomic E-state index is 13.4. The smallest absolute Gasteiger partial charge is 0.319 e. The van der Waals surface area contributed by atoms with Gasteiger partial charge in [-0.1, -0.05) is 51.7 Å². The number of halogens is 1. The van der Waals surface area contributed by atoms with Crippen LogP contribution >= 0.6 is 0 Å². The quantitative estimate of drug-likeness (QED) is 0.720. The maximum absolute atomic E-state index is 13.4. The van der Waals surface area contributed by atoms with Crippen molar-refractivity contribution in [2.24, 2.45) is 5.92 Å². The van der Waals surface area contributed by atoms with Gasteiger partial charge in [-0.3, -0.25) is 0 Å². The van der Waals surface area contributed by atoms with Gasteiger partial charge in [-0.05, 0) is 24.5 Å². The van der Waals surface area contributed by atoms with Crippen LogP contribution in [0.2, 0.25) is 0 Å². The lowest BCUT2D eigenvalue weighted by molar-refractivity contribution is 0.250. The SMILES string of the molecule is CCCC(CCC)CCNC(=O)Nc1ccccc1F. The Morgan fingerprint density at radius 2 is 1.80 bits per heavy atom. The van der Waals surface area contributed by atoms with Gasteiger partial charge in [-0.15, -0.1) is 0 Å². The number of urea groups is 1. The Morgan fingerprint density at radius 3 is 2.40 bits per heavy atom. The van der Waals surface area contributed by atoms with Gasteiger partial charge in [0.25, 0.3) is 0 Å². The fourth-order valence-electron chi connectivity index (χ4n) is 2.37. The van der Waals surface area contributed by atoms with E-state index in [4.69, 9.17) is 0 Å². The third-order valence-corrected chi connectivity index (χ3v) is 3.35. The van der Waals surface area contributed by atoms with Crippen LogP contribution in [0.3, 0.4) is 0 Å². The highest BCUT2D eigenvalue weighted by Gasteiger charge is 2.09. The van der Waals surface area contributed by atoms with Gasteiger partial charge >= 0.3 is 6.03 Å². The molecular weight excluding hydrogens is 255 g/mol. The highest BCUT2D eigenvalue weighted by molar-refractivity contribution is 5.89. The Bertz CT molecular complexity index is 403. The summed E-state index contributed by atoms with van der Waals surface area (Å²) in [5.74, 6) is 0.247. The van der Waals surface area contributed by atoms with E-state index in [1.54, 1.807) is 18.2 Å². The van der Waals surface area contributed by atoms with E-state index in [-0.39, 0.29) is 11.7 Å². The molecular formula is C16H25FN2O. The number of benzene rings is 1. The molecule has 0 aliphatic rings. The number of amides is 2. The molecule has 4 heteroatoms. The Balaban J connectivity index is 2.31. The van der Waals surface area contributed by atoms with E-state index in [0.29, 0.717) is 12.5 Å². The first-order valence-corrected chi connectivity index (χ1v) is 7.46. The summed E-state index contributed by atoms with van der Waals surface area (Å²) in [5, 5.41) is 5.31. The van der Waals surface area contributed by atoms with Crippen LogP contribution in [-0.2, 0) is 0 Å². The molecule has 1 aromatic rings. The second-order valence-corrected chi connectivity index (χ2v) is 5.09. The van der Waals surface area contributed by atoms with Crippen LogP contribution in [0.4, 0.5) is 14.9 Å². The monoisotopic (exact) mass is 280 g/mol. The van der Waals surface area contributed by atoms with Gasteiger partial charge in [-0.2, -0.15) is 0 Å². The third kappa shape index (κ3) is 6.04. The topological polar surface area (TPSA) is 41.1 Å². The zero-order chi connectivity index (χ0) is 14.8. The molecule has 1 rings (SSSR count). The van der Waals surface area contributed by atoms with Gasteiger partial charge in [0.1, 0.15) is 5.82 Å². The molecule has 2 amide bonds. The van der Waals surface area contributed by atoms with Crippen LogP contribution in [0.5, 0.6) is 0 Å². The number of para-hydroxylation sites is 1. The third-order valence-electron chi connectivity index (χ3n) is 3.35. The van der Waals surface area contributed by atoms with Crippen LogP contribution in [0.25, 0.3) is 0 Å². The van der Waals surface area contributed by atoms with Gasteiger partial charge in [-0.25, -0.2) is 9.18 Å². The first kappa shape index (κ1) is 16.5. The second-order valence-electron chi connectivity index (χ2n) is 5.09. The predicted molar refractivity (Wildman–Crippen MR) is 81.3 cm³/mol. The first-order chi connectivity index (χ1) is 9.67. The number of rotatable bonds is 8. The van der Waals surface area contributed by atoms with E-state index in [2.05, 4.69) is 24.5 Å². The predicted octanol–water partition coefficient (Wildman–Crippen LogP) is 4.55. The summed E-state index contributed by atoms with van der Waals surface area (Å²) in [5.41, 5.74) is 0.212. The average Bonchev–Trinajstić information content (AvgIpc) is 2.42. The molecule has 0 spiro atoms. The minimum atomic E-state index is -0.419. The molecule has 112 valence electrons. The van der Waals surface area contributed by atoms with Crippen molar-refractivity contribution >= 4 is 11.7 Å². The van der Waals surface area contributed by atoms with Crippen LogP contribution < -0.4 is 10.6 Å². The van der Waals surface area contributed by atoms with Gasteiger partial charge < -0.3 is 10.6 Å². The molecule has 0 bridgehead atoms. The number of hydrogen-bond donors (Lipinski definition) is 2. The zero-order valence-corrected chi connectivity index (χ0v) is 12.4. The van der Waals surface area contributed by atoms with Gasteiger partial charge in [0.2, 0.25) is 0 Å². The molecule has 0 atom stereocenters. The van der Waals surface area contributed by atoms with Crippen LogP contribution in [0.1, 0.15) is 46.0 Å². The molecule has 0 unspecified atom stereocenters. The lowest BCUT2D eigenvalue weighted by Gasteiger charge is -2.15. The maximum Gasteiger partial charge on any atom is 0.319 e. The molecule has 0 aromatic heterocycles. The number of carbonyl (C=O) groups is 1. The fraction of sp³-hybridized carbons (Fsp3) is 0.562. The molecule has 0 saturated heterocycles. The summed E-state index contributed by atoms with van der Waals surface area (Å²) < 4.78 is 13.4. The van der Waals surface area contributed by atoms with E-state index in [1.807, 2.05) is 0 Å². The Morgan fingerprint density at radius 1 is 1.15 bits per heavy atom. The van der Waals surface area contributed by atoms with Crippen LogP contribution in [0, 0.1) is 11.7 Å². The number of carbonyl (C=O) groups excluding carboxylic acids is 1. The second kappa shape index (κ2) is 9.34. The first-order valence-electron chi connectivity index (χ1n) is 7.46. The summed E-state index contributed by atoms with van der Waals surface area (Å²) >= 11 is 0. The van der Waals surface area contributed by atoms with Crippen LogP contribution in [0.15, 0.2) is 24.3 Å². The van der Waals surface area contributed by atoms with E-state index >= 15 is 0 Å². The Hall–Kier alpha value is -1.58. The highest BCUT2D eigenvalue weighted by Crippen LogP contribution is 2.17. The lowest BCUT2D eigenvalue weighted by atomic mass is 9.95. The van der Waals surface area contributed by atoms with Gasteiger partial charge in [0, 0.05) is 6.54 Å². The van der Waals surface area contributed by atoms with Crippen molar-refractivity contribution in [1.29, 1.82) is 0 Å². The molecule has 3 nitrogen and oxygen atoms in total. The molecule has 0 heterocycles. The van der Waals surface area contributed by atoms with Crippen molar-refractivity contribution in [1.82, 2.24) is 5.32 Å². The molecule has 20 heavy (non-hydrogen) atoms. The van der Waals surface area contributed by atoms with E-state index in [0.717, 1.165) is 6.42 Å². The van der Waals surface area contributed by atoms with Gasteiger partial charge in [0.15, 0.2) is 0 Å². The van der Waals surface area contributed by atoms with E-state index in [1.165, 1.54) is 31.7 Å². The van der Waals surface area contributed by atoms with E-state index < -0.39 is 5.82 Å². The minimum Gasteiger partial charge on any atom is -0.338 e. The van der Waals surface area contributed by atoms with Crippen molar-refractivity contribution in [2.45, 2.75) is 46.0 Å². The number of nitrogens with one attached hydrogen (secondary N) is 2. The average molecular weight is 280 g/mol. The number of anilines is 1. The standard InChI is InChI=1S/C16H25FN2O/c1-3-7-13(8-4-2)11-12-18-16(20)19-15-10-6-5-9-14(15)17/h5-6,9-10,13H,3-4,7-8,11-12H2,1-2H3,(H2,18,19,20). The lowest BCUT2D eigenvalue weighted by Crippen LogP contribution is -2.30. The normalized spacial score (nSPS) is 10.6. The Kier molecular flexibility index (Phi) is 7.70. The fourth-order valence-corrected chi connectivity index (χ4v) is 2.37. The molecule has 0 fully saturated rings. The summed E-state index contributed by atoms with van der Waals surface area (Å²) in [7, 11) is 0. The van der Waals surface area contributed by atoms with Crippen molar-refractivity contribution in [3.63, 3.8) is 0 Å². The summed E-state index contributed by atoms with van der Waals surface area (Å²) in [6.07, 6.45) is 5.72. The Labute approximate surface area is 121 Å². The van der Waals surface area contributed by atoms with Crippen LogP contribution in [-0.4, -0.2) is 12.6 Å². The molecule has 0 saturated carbocycles.